The van der Waals surface area contributed by atoms with Gasteiger partial charge in [-0.3, -0.25) is 14.4 Å². The molecule has 1 fully saturated rings. The summed E-state index contributed by atoms with van der Waals surface area (Å²) in [7, 11) is 0. The second kappa shape index (κ2) is 12.1. The number of carbonyl (C=O) groups excluding carboxylic acids is 3. The maximum absolute atomic E-state index is 12.7. The average Bonchev–Trinajstić information content (AvgIpc) is 3.30. The highest BCUT2D eigenvalue weighted by Gasteiger charge is 2.35. The van der Waals surface area contributed by atoms with Gasteiger partial charge in [0.15, 0.2) is 6.61 Å². The summed E-state index contributed by atoms with van der Waals surface area (Å²) in [5, 5.41) is 5.79. The zero-order valence-corrected chi connectivity index (χ0v) is 22.5. The lowest BCUT2D eigenvalue weighted by Gasteiger charge is -2.17. The first-order valence-corrected chi connectivity index (χ1v) is 13.1. The van der Waals surface area contributed by atoms with Crippen LogP contribution >= 0.6 is 15.9 Å². The van der Waals surface area contributed by atoms with Gasteiger partial charge in [0.25, 0.3) is 5.91 Å². The van der Waals surface area contributed by atoms with E-state index in [1.165, 1.54) is 5.56 Å². The van der Waals surface area contributed by atoms with E-state index in [1.807, 2.05) is 37.3 Å². The number of hydrogen-bond acceptors (Lipinski definition) is 4. The van der Waals surface area contributed by atoms with Crippen LogP contribution in [0, 0.1) is 12.8 Å². The van der Waals surface area contributed by atoms with Crippen LogP contribution < -0.4 is 20.3 Å². The Labute approximate surface area is 225 Å². The molecule has 0 aromatic heterocycles. The first-order chi connectivity index (χ1) is 17.8. The number of carbonyl (C=O) groups is 3. The molecule has 2 N–H and O–H groups in total. The monoisotopic (exact) mass is 563 g/mol. The van der Waals surface area contributed by atoms with Crippen LogP contribution in [0.25, 0.3) is 0 Å². The van der Waals surface area contributed by atoms with E-state index in [4.69, 9.17) is 4.74 Å². The fourth-order valence-corrected chi connectivity index (χ4v) is 4.66. The molecular weight excluding hydrogens is 534 g/mol. The fraction of sp³-hybridized carbons (Fsp3) is 0.276. The third-order valence-corrected chi connectivity index (χ3v) is 6.87. The molecule has 1 aliphatic rings. The van der Waals surface area contributed by atoms with Crippen molar-refractivity contribution in [3.63, 3.8) is 0 Å². The Balaban J connectivity index is 1.26. The van der Waals surface area contributed by atoms with Crippen LogP contribution in [0.5, 0.6) is 5.75 Å². The highest BCUT2D eigenvalue weighted by atomic mass is 79.9. The third-order valence-electron chi connectivity index (χ3n) is 6.37. The van der Waals surface area contributed by atoms with E-state index in [9.17, 15) is 14.4 Å². The summed E-state index contributed by atoms with van der Waals surface area (Å²) in [5.41, 5.74) is 4.65. The van der Waals surface area contributed by atoms with Crippen LogP contribution in [0.1, 0.15) is 30.0 Å². The zero-order valence-electron chi connectivity index (χ0n) is 20.9. The lowest BCUT2D eigenvalue weighted by molar-refractivity contribution is -0.126. The number of amides is 3. The lowest BCUT2D eigenvalue weighted by Crippen LogP contribution is -2.32. The molecule has 1 atom stereocenters. The molecule has 4 rings (SSSR count). The number of halogens is 1. The van der Waals surface area contributed by atoms with Crippen LogP contribution in [0.15, 0.2) is 71.2 Å². The van der Waals surface area contributed by atoms with Crippen molar-refractivity contribution in [1.29, 1.82) is 0 Å². The Hall–Kier alpha value is -3.65. The zero-order chi connectivity index (χ0) is 26.4. The van der Waals surface area contributed by atoms with Gasteiger partial charge in [0.2, 0.25) is 11.8 Å². The molecule has 1 saturated heterocycles. The smallest absolute Gasteiger partial charge is 0.262 e. The maximum Gasteiger partial charge on any atom is 0.262 e. The molecular formula is C29H30BrN3O4. The maximum atomic E-state index is 12.7. The molecule has 1 aliphatic heterocycles. The van der Waals surface area contributed by atoms with Crippen molar-refractivity contribution in [1.82, 2.24) is 5.32 Å². The number of nitrogens with zero attached hydrogens (tertiary/aromatic N) is 1. The molecule has 0 spiro atoms. The van der Waals surface area contributed by atoms with Gasteiger partial charge in [-0.2, -0.15) is 0 Å². The summed E-state index contributed by atoms with van der Waals surface area (Å²) in [5.74, 6) is -0.363. The Morgan fingerprint density at radius 1 is 1.03 bits per heavy atom. The molecule has 0 unspecified atom stereocenters. The molecule has 1 heterocycles. The van der Waals surface area contributed by atoms with Crippen LogP contribution in [-0.4, -0.2) is 30.9 Å². The van der Waals surface area contributed by atoms with Gasteiger partial charge < -0.3 is 20.3 Å². The summed E-state index contributed by atoms with van der Waals surface area (Å²) in [6.07, 6.45) is 1.15. The first kappa shape index (κ1) is 26.4. The van der Waals surface area contributed by atoms with Crippen LogP contribution in [0.3, 0.4) is 0 Å². The number of aryl methyl sites for hydroxylation is 2. The molecule has 7 nitrogen and oxygen atoms in total. The van der Waals surface area contributed by atoms with Crippen molar-refractivity contribution >= 4 is 45.0 Å². The second-order valence-corrected chi connectivity index (χ2v) is 10.00. The molecule has 3 aromatic carbocycles. The number of anilines is 2. The molecule has 0 bridgehead atoms. The number of nitrogens with one attached hydrogen (secondary N) is 2. The summed E-state index contributed by atoms with van der Waals surface area (Å²) in [6.45, 7) is 4.65. The van der Waals surface area contributed by atoms with Crippen molar-refractivity contribution in [2.45, 2.75) is 33.2 Å². The highest BCUT2D eigenvalue weighted by molar-refractivity contribution is 9.10. The Bertz CT molecular complexity index is 1280. The van der Waals surface area contributed by atoms with Gasteiger partial charge in [0.1, 0.15) is 5.75 Å². The lowest BCUT2D eigenvalue weighted by atomic mass is 10.1. The molecule has 0 saturated carbocycles. The largest absolute Gasteiger partial charge is 0.484 e. The van der Waals surface area contributed by atoms with E-state index in [-0.39, 0.29) is 30.7 Å². The topological polar surface area (TPSA) is 87.7 Å². The van der Waals surface area contributed by atoms with Gasteiger partial charge in [-0.05, 0) is 72.5 Å². The quantitative estimate of drug-likeness (QED) is 0.383. The normalized spacial score (nSPS) is 14.9. The Morgan fingerprint density at radius 2 is 1.73 bits per heavy atom. The minimum absolute atomic E-state index is 0.0923. The number of benzene rings is 3. The van der Waals surface area contributed by atoms with Crippen molar-refractivity contribution in [2.24, 2.45) is 5.92 Å². The van der Waals surface area contributed by atoms with Gasteiger partial charge >= 0.3 is 0 Å². The van der Waals surface area contributed by atoms with E-state index >= 15 is 0 Å². The van der Waals surface area contributed by atoms with E-state index in [0.29, 0.717) is 24.5 Å². The third kappa shape index (κ3) is 6.98. The summed E-state index contributed by atoms with van der Waals surface area (Å²) >= 11 is 3.41. The summed E-state index contributed by atoms with van der Waals surface area (Å²) in [4.78, 5) is 39.2. The summed E-state index contributed by atoms with van der Waals surface area (Å²) < 4.78 is 6.55. The number of hydrogen-bond donors (Lipinski definition) is 2. The molecule has 3 amide bonds. The van der Waals surface area contributed by atoms with Crippen LogP contribution in [-0.2, 0) is 27.3 Å². The predicted octanol–water partition coefficient (Wildman–Crippen LogP) is 5.01. The van der Waals surface area contributed by atoms with Gasteiger partial charge in [-0.1, -0.05) is 47.1 Å². The molecule has 0 radical (unpaired) electrons. The van der Waals surface area contributed by atoms with Gasteiger partial charge in [0, 0.05) is 35.4 Å². The second-order valence-electron chi connectivity index (χ2n) is 9.08. The van der Waals surface area contributed by atoms with Gasteiger partial charge in [0.05, 0.1) is 5.92 Å². The molecule has 0 aliphatic carbocycles. The minimum atomic E-state index is -0.399. The SMILES string of the molecule is CCc1ccc(CNC(=O)[C@@H]2CC(=O)N(c3ccc(OCC(=O)Nc4ccc(Br)cc4C)cc3)C2)cc1. The first-order valence-electron chi connectivity index (χ1n) is 12.3. The molecule has 3 aromatic rings. The average molecular weight is 564 g/mol. The van der Waals surface area contributed by atoms with Crippen LogP contribution in [0.2, 0.25) is 0 Å². The Morgan fingerprint density at radius 3 is 2.41 bits per heavy atom. The number of ether oxygens (including phenoxy) is 1. The van der Waals surface area contributed by atoms with Gasteiger partial charge in [-0.15, -0.1) is 0 Å². The van der Waals surface area contributed by atoms with E-state index in [0.717, 1.165) is 27.7 Å². The molecule has 37 heavy (non-hydrogen) atoms. The van der Waals surface area contributed by atoms with Crippen molar-refractivity contribution in [3.8, 4) is 5.75 Å². The minimum Gasteiger partial charge on any atom is -0.484 e. The fourth-order valence-electron chi connectivity index (χ4n) is 4.18. The van der Waals surface area contributed by atoms with E-state index in [1.54, 1.807) is 29.2 Å². The predicted molar refractivity (Wildman–Crippen MR) is 148 cm³/mol. The van der Waals surface area contributed by atoms with Crippen LogP contribution in [0.4, 0.5) is 11.4 Å². The number of rotatable bonds is 9. The van der Waals surface area contributed by atoms with Crippen molar-refractivity contribution < 1.29 is 19.1 Å². The highest BCUT2D eigenvalue weighted by Crippen LogP contribution is 2.27. The molecule has 8 heteroatoms. The molecule has 192 valence electrons. The van der Waals surface area contributed by atoms with E-state index in [2.05, 4.69) is 45.6 Å². The van der Waals surface area contributed by atoms with E-state index < -0.39 is 5.92 Å². The van der Waals surface area contributed by atoms with Gasteiger partial charge in [-0.25, -0.2) is 0 Å². The van der Waals surface area contributed by atoms with Crippen molar-refractivity contribution in [2.75, 3.05) is 23.4 Å². The standard InChI is InChI=1S/C29H30BrN3O4/c1-3-20-4-6-21(7-5-20)16-31-29(36)22-15-28(35)33(17-22)24-9-11-25(12-10-24)37-18-27(34)32-26-13-8-23(30)14-19(26)2/h4-14,22H,3,15-18H2,1-2H3,(H,31,36)(H,32,34)/t22-/m1/s1. The summed E-state index contributed by atoms with van der Waals surface area (Å²) in [6, 6.07) is 20.7. The Kier molecular flexibility index (Phi) is 8.61. The van der Waals surface area contributed by atoms with Crippen molar-refractivity contribution in [3.05, 3.63) is 87.9 Å².